The molecule has 1 fully saturated rings. The summed E-state index contributed by atoms with van der Waals surface area (Å²) in [6.07, 6.45) is 5.14. The molecule has 98 valence electrons. The Kier molecular flexibility index (Phi) is 3.27. The molecular formula is C15H21NO2. The fourth-order valence-electron chi connectivity index (χ4n) is 3.36. The van der Waals surface area contributed by atoms with Gasteiger partial charge in [-0.05, 0) is 67.8 Å². The van der Waals surface area contributed by atoms with E-state index in [9.17, 15) is 10.2 Å². The van der Waals surface area contributed by atoms with Gasteiger partial charge in [0.25, 0.3) is 0 Å². The highest BCUT2D eigenvalue weighted by molar-refractivity contribution is 5.40. The first-order valence-corrected chi connectivity index (χ1v) is 6.95. The fraction of sp³-hybridized carbons (Fsp3) is 0.600. The van der Waals surface area contributed by atoms with Crippen molar-refractivity contribution in [3.63, 3.8) is 0 Å². The van der Waals surface area contributed by atoms with Crippen LogP contribution in [0, 0.1) is 5.92 Å². The van der Waals surface area contributed by atoms with E-state index in [1.807, 2.05) is 12.1 Å². The third-order valence-electron chi connectivity index (χ3n) is 4.37. The number of hydrogen-bond donors (Lipinski definition) is 3. The second kappa shape index (κ2) is 4.90. The molecule has 3 N–H and O–H groups in total. The van der Waals surface area contributed by atoms with Crippen LogP contribution in [0.1, 0.15) is 42.9 Å². The third-order valence-corrected chi connectivity index (χ3v) is 4.37. The lowest BCUT2D eigenvalue weighted by Gasteiger charge is -2.17. The van der Waals surface area contributed by atoms with E-state index in [0.717, 1.165) is 38.6 Å². The number of aliphatic hydroxyl groups is 1. The number of hydrogen-bond acceptors (Lipinski definition) is 3. The van der Waals surface area contributed by atoms with Gasteiger partial charge in [-0.25, -0.2) is 0 Å². The summed E-state index contributed by atoms with van der Waals surface area (Å²) in [5, 5.41) is 22.6. The standard InChI is InChI=1S/C15H21NO2/c17-12-3-1-10(7-12)9-16-15-6-2-11-8-13(18)4-5-14(11)15/h4-5,8,10,12,15-18H,1-3,6-7,9H2. The molecule has 1 saturated carbocycles. The van der Waals surface area contributed by atoms with Gasteiger partial charge in [-0.15, -0.1) is 0 Å². The van der Waals surface area contributed by atoms with Gasteiger partial charge in [0, 0.05) is 6.04 Å². The third kappa shape index (κ3) is 2.38. The Morgan fingerprint density at radius 2 is 2.11 bits per heavy atom. The zero-order chi connectivity index (χ0) is 12.5. The number of phenolic OH excluding ortho intramolecular Hbond substituents is 1. The summed E-state index contributed by atoms with van der Waals surface area (Å²) in [4.78, 5) is 0. The van der Waals surface area contributed by atoms with E-state index in [1.54, 1.807) is 6.07 Å². The van der Waals surface area contributed by atoms with Gasteiger partial charge in [0.15, 0.2) is 0 Å². The number of benzene rings is 1. The van der Waals surface area contributed by atoms with Crippen molar-refractivity contribution in [2.45, 2.75) is 44.2 Å². The number of aromatic hydroxyl groups is 1. The van der Waals surface area contributed by atoms with E-state index in [1.165, 1.54) is 11.1 Å². The van der Waals surface area contributed by atoms with E-state index in [2.05, 4.69) is 5.32 Å². The monoisotopic (exact) mass is 247 g/mol. The van der Waals surface area contributed by atoms with Crippen molar-refractivity contribution in [2.24, 2.45) is 5.92 Å². The van der Waals surface area contributed by atoms with Crippen molar-refractivity contribution in [1.82, 2.24) is 5.32 Å². The predicted molar refractivity (Wildman–Crippen MR) is 70.5 cm³/mol. The summed E-state index contributed by atoms with van der Waals surface area (Å²) in [5.41, 5.74) is 2.62. The molecule has 1 aromatic rings. The summed E-state index contributed by atoms with van der Waals surface area (Å²) in [7, 11) is 0. The van der Waals surface area contributed by atoms with Gasteiger partial charge in [0.2, 0.25) is 0 Å². The van der Waals surface area contributed by atoms with E-state index < -0.39 is 0 Å². The molecule has 1 aromatic carbocycles. The van der Waals surface area contributed by atoms with Crippen molar-refractivity contribution >= 4 is 0 Å². The number of phenols is 1. The van der Waals surface area contributed by atoms with Crippen LogP contribution in [0.25, 0.3) is 0 Å². The molecular weight excluding hydrogens is 226 g/mol. The number of aryl methyl sites for hydroxylation is 1. The Morgan fingerprint density at radius 3 is 2.89 bits per heavy atom. The minimum absolute atomic E-state index is 0.0791. The van der Waals surface area contributed by atoms with Crippen molar-refractivity contribution in [2.75, 3.05) is 6.54 Å². The molecule has 3 unspecified atom stereocenters. The minimum atomic E-state index is -0.0791. The van der Waals surface area contributed by atoms with Gasteiger partial charge in [-0.2, -0.15) is 0 Å². The Bertz CT molecular complexity index is 433. The summed E-state index contributed by atoms with van der Waals surface area (Å²) in [6, 6.07) is 6.13. The molecule has 3 nitrogen and oxygen atoms in total. The van der Waals surface area contributed by atoms with Crippen LogP contribution < -0.4 is 5.32 Å². The first-order chi connectivity index (χ1) is 8.72. The maximum atomic E-state index is 9.52. The highest BCUT2D eigenvalue weighted by Crippen LogP contribution is 2.34. The van der Waals surface area contributed by atoms with Gasteiger partial charge in [0.05, 0.1) is 6.10 Å². The molecule has 3 rings (SSSR count). The quantitative estimate of drug-likeness (QED) is 0.767. The van der Waals surface area contributed by atoms with Crippen LogP contribution in [-0.2, 0) is 6.42 Å². The van der Waals surface area contributed by atoms with E-state index in [4.69, 9.17) is 0 Å². The molecule has 0 aromatic heterocycles. The largest absolute Gasteiger partial charge is 0.508 e. The zero-order valence-corrected chi connectivity index (χ0v) is 10.6. The Morgan fingerprint density at radius 1 is 1.22 bits per heavy atom. The molecule has 0 saturated heterocycles. The lowest BCUT2D eigenvalue weighted by molar-refractivity contribution is 0.177. The van der Waals surface area contributed by atoms with Gasteiger partial charge in [-0.1, -0.05) is 6.07 Å². The highest BCUT2D eigenvalue weighted by atomic mass is 16.3. The Hall–Kier alpha value is -1.06. The lowest BCUT2D eigenvalue weighted by atomic mass is 10.1. The molecule has 2 aliphatic rings. The van der Waals surface area contributed by atoms with Crippen molar-refractivity contribution in [3.05, 3.63) is 29.3 Å². The topological polar surface area (TPSA) is 52.5 Å². The van der Waals surface area contributed by atoms with Gasteiger partial charge in [-0.3, -0.25) is 0 Å². The minimum Gasteiger partial charge on any atom is -0.508 e. The van der Waals surface area contributed by atoms with E-state index >= 15 is 0 Å². The Balaban J connectivity index is 1.59. The van der Waals surface area contributed by atoms with Crippen LogP contribution in [0.4, 0.5) is 0 Å². The predicted octanol–water partition coefficient (Wildman–Crippen LogP) is 2.13. The van der Waals surface area contributed by atoms with Crippen LogP contribution >= 0.6 is 0 Å². The van der Waals surface area contributed by atoms with Crippen LogP contribution in [-0.4, -0.2) is 22.9 Å². The van der Waals surface area contributed by atoms with E-state index in [-0.39, 0.29) is 6.10 Å². The number of rotatable bonds is 3. The van der Waals surface area contributed by atoms with Crippen molar-refractivity contribution in [3.8, 4) is 5.75 Å². The summed E-state index contributed by atoms with van der Waals surface area (Å²) >= 11 is 0. The van der Waals surface area contributed by atoms with Gasteiger partial charge in [0.1, 0.15) is 5.75 Å². The van der Waals surface area contributed by atoms with Crippen molar-refractivity contribution < 1.29 is 10.2 Å². The van der Waals surface area contributed by atoms with Crippen molar-refractivity contribution in [1.29, 1.82) is 0 Å². The molecule has 0 aliphatic heterocycles. The smallest absolute Gasteiger partial charge is 0.115 e. The first kappa shape index (κ1) is 12.0. The van der Waals surface area contributed by atoms with E-state index in [0.29, 0.717) is 17.7 Å². The van der Waals surface area contributed by atoms with Gasteiger partial charge >= 0.3 is 0 Å². The Labute approximate surface area is 108 Å². The maximum Gasteiger partial charge on any atom is 0.115 e. The fourth-order valence-corrected chi connectivity index (χ4v) is 3.36. The first-order valence-electron chi connectivity index (χ1n) is 6.95. The zero-order valence-electron chi connectivity index (χ0n) is 10.6. The molecule has 0 amide bonds. The van der Waals surface area contributed by atoms with Crippen LogP contribution in [0.3, 0.4) is 0 Å². The van der Waals surface area contributed by atoms with Crippen LogP contribution in [0.5, 0.6) is 5.75 Å². The normalized spacial score (nSPS) is 30.6. The molecule has 0 spiro atoms. The average molecular weight is 247 g/mol. The average Bonchev–Trinajstić information content (AvgIpc) is 2.92. The molecule has 3 atom stereocenters. The van der Waals surface area contributed by atoms with Crippen LogP contribution in [0.2, 0.25) is 0 Å². The highest BCUT2D eigenvalue weighted by Gasteiger charge is 2.26. The molecule has 0 heterocycles. The van der Waals surface area contributed by atoms with Gasteiger partial charge < -0.3 is 15.5 Å². The number of nitrogens with one attached hydrogen (secondary N) is 1. The summed E-state index contributed by atoms with van der Waals surface area (Å²) < 4.78 is 0. The molecule has 0 bridgehead atoms. The second-order valence-electron chi connectivity index (χ2n) is 5.72. The second-order valence-corrected chi connectivity index (χ2v) is 5.72. The number of fused-ring (bicyclic) bond motifs is 1. The summed E-state index contributed by atoms with van der Waals surface area (Å²) in [6.45, 7) is 1.00. The van der Waals surface area contributed by atoms with Crippen LogP contribution in [0.15, 0.2) is 18.2 Å². The lowest BCUT2D eigenvalue weighted by Crippen LogP contribution is -2.25. The molecule has 18 heavy (non-hydrogen) atoms. The molecule has 2 aliphatic carbocycles. The summed E-state index contributed by atoms with van der Waals surface area (Å²) in [5.74, 6) is 0.995. The molecule has 3 heteroatoms. The molecule has 0 radical (unpaired) electrons. The SMILES string of the molecule is Oc1ccc2c(c1)CCC2NCC1CCC(O)C1. The number of aliphatic hydroxyl groups excluding tert-OH is 1. The maximum absolute atomic E-state index is 9.52.